The number of thiophene rings is 1. The molecule has 0 fully saturated rings. The largest absolute Gasteiger partial charge is 0.320 e. The lowest BCUT2D eigenvalue weighted by Crippen LogP contribution is -2.11. The number of imidazole rings is 1. The summed E-state index contributed by atoms with van der Waals surface area (Å²) in [6.45, 7) is -2.75. The van der Waals surface area contributed by atoms with Crippen molar-refractivity contribution in [2.75, 3.05) is 4.72 Å². The van der Waals surface area contributed by atoms with Gasteiger partial charge in [-0.2, -0.15) is 8.78 Å². The summed E-state index contributed by atoms with van der Waals surface area (Å²) in [6.07, 6.45) is 0. The summed E-state index contributed by atoms with van der Waals surface area (Å²) in [6, 6.07) is 16.0. The van der Waals surface area contributed by atoms with Gasteiger partial charge in [0.1, 0.15) is 10.0 Å². The van der Waals surface area contributed by atoms with Gasteiger partial charge in [-0.05, 0) is 47.8 Å². The van der Waals surface area contributed by atoms with Crippen LogP contribution in [-0.2, 0) is 10.0 Å². The monoisotopic (exact) mass is 405 g/mol. The lowest BCUT2D eigenvalue weighted by Gasteiger charge is -2.09. The maximum Gasteiger partial charge on any atom is 0.320 e. The summed E-state index contributed by atoms with van der Waals surface area (Å²) in [4.78, 5) is 4.30. The van der Waals surface area contributed by atoms with Crippen LogP contribution >= 0.6 is 11.3 Å². The Morgan fingerprint density at radius 2 is 1.74 bits per heavy atom. The average molecular weight is 405 g/mol. The Balaban J connectivity index is 1.69. The first-order chi connectivity index (χ1) is 13.0. The SMILES string of the molecule is O=S(=O)(Nc1ccc(-c2nc3ccccc3n2C(F)F)cc1)c1cccs1. The van der Waals surface area contributed by atoms with Crippen molar-refractivity contribution in [2.45, 2.75) is 10.8 Å². The Bertz CT molecular complexity index is 1190. The van der Waals surface area contributed by atoms with Gasteiger partial charge in [-0.25, -0.2) is 13.4 Å². The van der Waals surface area contributed by atoms with Crippen molar-refractivity contribution in [3.8, 4) is 11.4 Å². The molecule has 0 atom stereocenters. The number of alkyl halides is 2. The predicted octanol–water partition coefficient (Wildman–Crippen LogP) is 4.96. The first kappa shape index (κ1) is 17.6. The van der Waals surface area contributed by atoms with Crippen molar-refractivity contribution in [1.29, 1.82) is 0 Å². The Morgan fingerprint density at radius 1 is 1.00 bits per heavy atom. The van der Waals surface area contributed by atoms with Gasteiger partial charge in [0.25, 0.3) is 10.0 Å². The number of nitrogens with one attached hydrogen (secondary N) is 1. The number of fused-ring (bicyclic) bond motifs is 1. The minimum absolute atomic E-state index is 0.124. The van der Waals surface area contributed by atoms with Crippen molar-refractivity contribution in [3.05, 3.63) is 66.0 Å². The molecular formula is C18H13F2N3O2S2. The molecular weight excluding hydrogens is 392 g/mol. The number of halogens is 2. The van der Waals surface area contributed by atoms with Crippen LogP contribution in [0.2, 0.25) is 0 Å². The molecule has 0 saturated heterocycles. The highest BCUT2D eigenvalue weighted by atomic mass is 32.2. The van der Waals surface area contributed by atoms with Crippen molar-refractivity contribution in [1.82, 2.24) is 9.55 Å². The summed E-state index contributed by atoms with van der Waals surface area (Å²) in [5.74, 6) is 0.124. The van der Waals surface area contributed by atoms with Crippen LogP contribution in [0, 0.1) is 0 Å². The Kier molecular flexibility index (Phi) is 4.40. The molecule has 0 spiro atoms. The minimum atomic E-state index is -3.66. The number of rotatable bonds is 5. The molecule has 5 nitrogen and oxygen atoms in total. The van der Waals surface area contributed by atoms with E-state index in [2.05, 4.69) is 9.71 Å². The van der Waals surface area contributed by atoms with Gasteiger partial charge in [-0.3, -0.25) is 9.29 Å². The lowest BCUT2D eigenvalue weighted by molar-refractivity contribution is 0.0764. The van der Waals surface area contributed by atoms with Gasteiger partial charge < -0.3 is 0 Å². The summed E-state index contributed by atoms with van der Waals surface area (Å²) in [7, 11) is -3.66. The minimum Gasteiger partial charge on any atom is -0.279 e. The number of anilines is 1. The molecule has 0 aliphatic rings. The third-order valence-corrected chi connectivity index (χ3v) is 6.72. The van der Waals surface area contributed by atoms with Gasteiger partial charge in [0.15, 0.2) is 0 Å². The zero-order valence-corrected chi connectivity index (χ0v) is 15.3. The quantitative estimate of drug-likeness (QED) is 0.510. The second-order valence-corrected chi connectivity index (χ2v) is 8.54. The second kappa shape index (κ2) is 6.75. The van der Waals surface area contributed by atoms with Gasteiger partial charge in [-0.1, -0.05) is 18.2 Å². The van der Waals surface area contributed by atoms with Crippen LogP contribution in [0.4, 0.5) is 14.5 Å². The highest BCUT2D eigenvalue weighted by molar-refractivity contribution is 7.94. The van der Waals surface area contributed by atoms with Gasteiger partial charge in [-0.15, -0.1) is 11.3 Å². The lowest BCUT2D eigenvalue weighted by atomic mass is 10.2. The number of nitrogens with zero attached hydrogens (tertiary/aromatic N) is 2. The van der Waals surface area contributed by atoms with E-state index in [0.717, 1.165) is 15.9 Å². The van der Waals surface area contributed by atoms with Crippen LogP contribution in [0.5, 0.6) is 0 Å². The zero-order valence-electron chi connectivity index (χ0n) is 13.7. The number of aromatic nitrogens is 2. The molecule has 0 aliphatic carbocycles. The molecule has 2 aromatic carbocycles. The van der Waals surface area contributed by atoms with Crippen molar-refractivity contribution >= 4 is 38.1 Å². The molecule has 0 saturated carbocycles. The molecule has 9 heteroatoms. The zero-order chi connectivity index (χ0) is 19.0. The molecule has 0 unspecified atom stereocenters. The van der Waals surface area contributed by atoms with E-state index >= 15 is 0 Å². The Labute approximate surface area is 158 Å². The highest BCUT2D eigenvalue weighted by Gasteiger charge is 2.19. The van der Waals surface area contributed by atoms with Gasteiger partial charge in [0.2, 0.25) is 0 Å². The molecule has 27 heavy (non-hydrogen) atoms. The molecule has 138 valence electrons. The van der Waals surface area contributed by atoms with E-state index < -0.39 is 16.6 Å². The van der Waals surface area contributed by atoms with Crippen molar-refractivity contribution in [3.63, 3.8) is 0 Å². The first-order valence-electron chi connectivity index (χ1n) is 7.87. The van der Waals surface area contributed by atoms with Gasteiger partial charge in [0.05, 0.1) is 11.0 Å². The molecule has 2 heterocycles. The van der Waals surface area contributed by atoms with E-state index in [4.69, 9.17) is 0 Å². The van der Waals surface area contributed by atoms with E-state index in [0.29, 0.717) is 22.3 Å². The van der Waals surface area contributed by atoms with Crippen LogP contribution in [0.1, 0.15) is 6.55 Å². The summed E-state index contributed by atoms with van der Waals surface area (Å²) >= 11 is 1.11. The Morgan fingerprint density at radius 3 is 2.41 bits per heavy atom. The fourth-order valence-corrected chi connectivity index (χ4v) is 4.81. The van der Waals surface area contributed by atoms with E-state index in [1.807, 2.05) is 0 Å². The molecule has 0 bridgehead atoms. The molecule has 4 aromatic rings. The second-order valence-electron chi connectivity index (χ2n) is 5.69. The van der Waals surface area contributed by atoms with Crippen LogP contribution < -0.4 is 4.72 Å². The predicted molar refractivity (Wildman–Crippen MR) is 102 cm³/mol. The van der Waals surface area contributed by atoms with Crippen molar-refractivity contribution in [2.24, 2.45) is 0 Å². The number of benzene rings is 2. The van der Waals surface area contributed by atoms with E-state index in [1.54, 1.807) is 47.8 Å². The fourth-order valence-electron chi connectivity index (χ4n) is 2.75. The van der Waals surface area contributed by atoms with Gasteiger partial charge in [0, 0.05) is 11.3 Å². The van der Waals surface area contributed by atoms with Gasteiger partial charge >= 0.3 is 6.55 Å². The molecule has 4 rings (SSSR count). The summed E-state index contributed by atoms with van der Waals surface area (Å²) in [5.41, 5.74) is 1.61. The van der Waals surface area contributed by atoms with Crippen LogP contribution in [0.15, 0.2) is 70.3 Å². The third kappa shape index (κ3) is 3.31. The normalized spacial score (nSPS) is 12.0. The van der Waals surface area contributed by atoms with Crippen LogP contribution in [-0.4, -0.2) is 18.0 Å². The van der Waals surface area contributed by atoms with Crippen molar-refractivity contribution < 1.29 is 17.2 Å². The van der Waals surface area contributed by atoms with E-state index in [9.17, 15) is 17.2 Å². The number of hydrogen-bond donors (Lipinski definition) is 1. The third-order valence-electron chi connectivity index (χ3n) is 3.95. The Hall–Kier alpha value is -2.78. The van der Waals surface area contributed by atoms with Crippen LogP contribution in [0.25, 0.3) is 22.4 Å². The molecule has 2 aromatic heterocycles. The summed E-state index contributed by atoms with van der Waals surface area (Å²) in [5, 5.41) is 1.67. The maximum atomic E-state index is 13.6. The van der Waals surface area contributed by atoms with E-state index in [-0.39, 0.29) is 10.0 Å². The number of hydrogen-bond acceptors (Lipinski definition) is 4. The number of sulfonamides is 1. The van der Waals surface area contributed by atoms with E-state index in [1.165, 1.54) is 18.2 Å². The first-order valence-corrected chi connectivity index (χ1v) is 10.2. The maximum absolute atomic E-state index is 13.6. The summed E-state index contributed by atoms with van der Waals surface area (Å²) < 4.78 is 55.2. The molecule has 0 radical (unpaired) electrons. The van der Waals surface area contributed by atoms with Crippen LogP contribution in [0.3, 0.4) is 0 Å². The standard InChI is InChI=1S/C18H13F2N3O2S2/c19-18(20)23-15-5-2-1-4-14(15)21-17(23)12-7-9-13(10-8-12)22-27(24,25)16-6-3-11-26-16/h1-11,18,22H. The molecule has 0 amide bonds. The highest BCUT2D eigenvalue weighted by Crippen LogP contribution is 2.30. The topological polar surface area (TPSA) is 64.0 Å². The smallest absolute Gasteiger partial charge is 0.279 e. The number of para-hydroxylation sites is 2. The fraction of sp³-hybridized carbons (Fsp3) is 0.0556. The average Bonchev–Trinajstić information content (AvgIpc) is 3.30. The molecule has 0 aliphatic heterocycles. The molecule has 1 N–H and O–H groups in total.